The Morgan fingerprint density at radius 1 is 1.11 bits per heavy atom. The summed E-state index contributed by atoms with van der Waals surface area (Å²) in [5.74, 6) is -1.35. The van der Waals surface area contributed by atoms with Crippen molar-refractivity contribution in [3.8, 4) is 0 Å². The number of aromatic carboxylic acids is 1. The van der Waals surface area contributed by atoms with Crippen molar-refractivity contribution in [2.45, 2.75) is 58.5 Å². The molecule has 35 heavy (non-hydrogen) atoms. The van der Waals surface area contributed by atoms with E-state index in [1.807, 2.05) is 11.8 Å². The number of benzene rings is 1. The number of aromatic nitrogens is 1. The van der Waals surface area contributed by atoms with Crippen molar-refractivity contribution in [1.82, 2.24) is 14.8 Å². The second kappa shape index (κ2) is 10.6. The molecular weight excluding hydrogens is 449 g/mol. The minimum atomic E-state index is -1.16. The quantitative estimate of drug-likeness (QED) is 0.604. The predicted molar refractivity (Wildman–Crippen MR) is 129 cm³/mol. The van der Waals surface area contributed by atoms with E-state index < -0.39 is 11.8 Å². The van der Waals surface area contributed by atoms with E-state index in [1.165, 1.54) is 30.5 Å². The van der Waals surface area contributed by atoms with Crippen molar-refractivity contribution in [2.24, 2.45) is 5.92 Å². The molecule has 1 saturated heterocycles. The molecule has 2 aliphatic rings. The minimum Gasteiger partial charge on any atom is -0.477 e. The molecule has 0 radical (unpaired) electrons. The maximum Gasteiger partial charge on any atom is 0.354 e. The van der Waals surface area contributed by atoms with Crippen molar-refractivity contribution in [3.05, 3.63) is 64.2 Å². The SMILES string of the molecule is Cc1c(CC(=O)c2ccc(C(=O)O)nc2)cc(F)cc1CN1CCN(C(=O)C2CCCC2)[C@@H](C)C1. The Bertz CT molecular complexity index is 1110. The molecule has 1 N–H and O–H groups in total. The molecule has 0 unspecified atom stereocenters. The number of rotatable bonds is 7. The Labute approximate surface area is 204 Å². The van der Waals surface area contributed by atoms with Gasteiger partial charge in [0.25, 0.3) is 0 Å². The van der Waals surface area contributed by atoms with Crippen molar-refractivity contribution >= 4 is 17.7 Å². The lowest BCUT2D eigenvalue weighted by Crippen LogP contribution is -2.54. The molecule has 0 bridgehead atoms. The number of hydrogen-bond acceptors (Lipinski definition) is 5. The number of carboxylic acid groups (broad SMARTS) is 1. The van der Waals surface area contributed by atoms with E-state index in [0.717, 1.165) is 49.9 Å². The lowest BCUT2D eigenvalue weighted by Gasteiger charge is -2.41. The van der Waals surface area contributed by atoms with Crippen LogP contribution in [0, 0.1) is 18.7 Å². The Morgan fingerprint density at radius 2 is 1.83 bits per heavy atom. The summed E-state index contributed by atoms with van der Waals surface area (Å²) in [4.78, 5) is 44.7. The maximum atomic E-state index is 14.5. The third kappa shape index (κ3) is 5.75. The molecule has 1 aromatic heterocycles. The third-order valence-corrected chi connectivity index (χ3v) is 7.34. The molecule has 1 aromatic carbocycles. The van der Waals surface area contributed by atoms with Crippen LogP contribution in [0.4, 0.5) is 4.39 Å². The van der Waals surface area contributed by atoms with Crippen LogP contribution >= 0.6 is 0 Å². The monoisotopic (exact) mass is 481 g/mol. The van der Waals surface area contributed by atoms with Gasteiger partial charge in [0, 0.05) is 56.3 Å². The van der Waals surface area contributed by atoms with Crippen LogP contribution in [0.2, 0.25) is 0 Å². The van der Waals surface area contributed by atoms with Crippen molar-refractivity contribution in [2.75, 3.05) is 19.6 Å². The number of ketones is 1. The minimum absolute atomic E-state index is 0.00472. The lowest BCUT2D eigenvalue weighted by molar-refractivity contribution is -0.140. The second-order valence-corrected chi connectivity index (χ2v) is 9.78. The fourth-order valence-electron chi connectivity index (χ4n) is 5.26. The highest BCUT2D eigenvalue weighted by molar-refractivity contribution is 5.98. The van der Waals surface area contributed by atoms with E-state index >= 15 is 0 Å². The normalized spacial score (nSPS) is 19.2. The number of Topliss-reactive ketones (excluding diaryl/α,β-unsaturated/α-hetero) is 1. The number of carbonyl (C=O) groups excluding carboxylic acids is 2. The van der Waals surface area contributed by atoms with E-state index in [-0.39, 0.29) is 41.3 Å². The summed E-state index contributed by atoms with van der Waals surface area (Å²) < 4.78 is 14.5. The lowest BCUT2D eigenvalue weighted by atomic mass is 9.95. The molecule has 4 rings (SSSR count). The average molecular weight is 482 g/mol. The standard InChI is InChI=1S/C27H32FN3O4/c1-17-15-30(9-10-31(17)26(33)19-5-3-4-6-19)16-22-12-23(28)11-21(18(22)2)13-25(32)20-7-8-24(27(34)35)29-14-20/h7-8,11-12,14,17,19H,3-6,9-10,13,15-16H2,1-2H3,(H,34,35)/t17-/m0/s1. The summed E-state index contributed by atoms with van der Waals surface area (Å²) in [7, 11) is 0. The summed E-state index contributed by atoms with van der Waals surface area (Å²) in [6.07, 6.45) is 5.52. The molecule has 1 aliphatic carbocycles. The van der Waals surface area contributed by atoms with Crippen LogP contribution in [0.15, 0.2) is 30.5 Å². The largest absolute Gasteiger partial charge is 0.477 e. The molecule has 8 heteroatoms. The number of carboxylic acids is 1. The van der Waals surface area contributed by atoms with E-state index in [4.69, 9.17) is 5.11 Å². The predicted octanol–water partition coefficient (Wildman–Crippen LogP) is 3.88. The van der Waals surface area contributed by atoms with Gasteiger partial charge in [-0.1, -0.05) is 12.8 Å². The smallest absolute Gasteiger partial charge is 0.354 e. The van der Waals surface area contributed by atoms with E-state index in [0.29, 0.717) is 18.7 Å². The molecule has 2 aromatic rings. The second-order valence-electron chi connectivity index (χ2n) is 9.78. The zero-order valence-corrected chi connectivity index (χ0v) is 20.3. The van der Waals surface area contributed by atoms with E-state index in [9.17, 15) is 18.8 Å². The number of halogens is 1. The number of hydrogen-bond donors (Lipinski definition) is 1. The first-order chi connectivity index (χ1) is 16.7. The Balaban J connectivity index is 1.42. The van der Waals surface area contributed by atoms with Crippen LogP contribution in [0.25, 0.3) is 0 Å². The zero-order valence-electron chi connectivity index (χ0n) is 20.3. The number of pyridine rings is 1. The van der Waals surface area contributed by atoms with Gasteiger partial charge < -0.3 is 10.0 Å². The summed E-state index contributed by atoms with van der Waals surface area (Å²) >= 11 is 0. The van der Waals surface area contributed by atoms with Gasteiger partial charge in [-0.3, -0.25) is 14.5 Å². The van der Waals surface area contributed by atoms with Crippen molar-refractivity contribution in [3.63, 3.8) is 0 Å². The van der Waals surface area contributed by atoms with Crippen LogP contribution < -0.4 is 0 Å². The fourth-order valence-corrected chi connectivity index (χ4v) is 5.26. The average Bonchev–Trinajstić information content (AvgIpc) is 3.37. The molecule has 7 nitrogen and oxygen atoms in total. The van der Waals surface area contributed by atoms with Crippen molar-refractivity contribution in [1.29, 1.82) is 0 Å². The Kier molecular flexibility index (Phi) is 7.60. The zero-order chi connectivity index (χ0) is 25.1. The highest BCUT2D eigenvalue weighted by atomic mass is 19.1. The van der Waals surface area contributed by atoms with E-state index in [1.54, 1.807) is 0 Å². The van der Waals surface area contributed by atoms with Crippen LogP contribution in [0.3, 0.4) is 0 Å². The van der Waals surface area contributed by atoms with Crippen LogP contribution in [0.5, 0.6) is 0 Å². The van der Waals surface area contributed by atoms with Gasteiger partial charge in [-0.25, -0.2) is 14.2 Å². The molecular formula is C27H32FN3O4. The first-order valence-corrected chi connectivity index (χ1v) is 12.3. The fraction of sp³-hybridized carbons (Fsp3) is 0.481. The molecule has 2 fully saturated rings. The Hall–Kier alpha value is -3.13. The number of piperazine rings is 1. The number of amides is 1. The third-order valence-electron chi connectivity index (χ3n) is 7.34. The summed E-state index contributed by atoms with van der Waals surface area (Å²) in [6, 6.07) is 5.73. The molecule has 0 spiro atoms. The molecule has 1 atom stereocenters. The molecule has 2 heterocycles. The summed E-state index contributed by atoms with van der Waals surface area (Å²) in [5, 5.41) is 8.98. The Morgan fingerprint density at radius 3 is 2.46 bits per heavy atom. The maximum absolute atomic E-state index is 14.5. The highest BCUT2D eigenvalue weighted by Crippen LogP contribution is 2.28. The molecule has 1 amide bonds. The number of nitrogens with zero attached hydrogens (tertiary/aromatic N) is 3. The van der Waals surface area contributed by atoms with Crippen molar-refractivity contribution < 1.29 is 23.9 Å². The van der Waals surface area contributed by atoms with Crippen LogP contribution in [0.1, 0.15) is 70.1 Å². The van der Waals surface area contributed by atoms with Crippen LogP contribution in [-0.2, 0) is 17.8 Å². The summed E-state index contributed by atoms with van der Waals surface area (Å²) in [6.45, 7) is 6.65. The van der Waals surface area contributed by atoms with Gasteiger partial charge in [-0.15, -0.1) is 0 Å². The highest BCUT2D eigenvalue weighted by Gasteiger charge is 2.33. The van der Waals surface area contributed by atoms with Gasteiger partial charge in [0.05, 0.1) is 0 Å². The van der Waals surface area contributed by atoms with Crippen LogP contribution in [-0.4, -0.2) is 63.2 Å². The van der Waals surface area contributed by atoms with Gasteiger partial charge in [0.15, 0.2) is 5.78 Å². The topological polar surface area (TPSA) is 90.8 Å². The molecule has 186 valence electrons. The van der Waals surface area contributed by atoms with Gasteiger partial charge >= 0.3 is 5.97 Å². The van der Waals surface area contributed by atoms with Gasteiger partial charge in [-0.2, -0.15) is 0 Å². The first-order valence-electron chi connectivity index (χ1n) is 12.3. The molecule has 1 saturated carbocycles. The van der Waals surface area contributed by atoms with Gasteiger partial charge in [-0.05, 0) is 67.6 Å². The molecule has 1 aliphatic heterocycles. The first kappa shape index (κ1) is 25.0. The number of carbonyl (C=O) groups is 3. The summed E-state index contributed by atoms with van der Waals surface area (Å²) in [5.41, 5.74) is 2.46. The van der Waals surface area contributed by atoms with E-state index in [2.05, 4.69) is 16.8 Å². The van der Waals surface area contributed by atoms with Gasteiger partial charge in [0.1, 0.15) is 11.5 Å². The van der Waals surface area contributed by atoms with Gasteiger partial charge in [0.2, 0.25) is 5.91 Å².